The molecule has 0 fully saturated rings. The van der Waals surface area contributed by atoms with Gasteiger partial charge in [-0.05, 0) is 35.7 Å². The van der Waals surface area contributed by atoms with Crippen LogP contribution in [-0.4, -0.2) is 21.6 Å². The van der Waals surface area contributed by atoms with Crippen molar-refractivity contribution in [2.24, 2.45) is 0 Å². The summed E-state index contributed by atoms with van der Waals surface area (Å²) in [6.45, 7) is 3.51. The van der Waals surface area contributed by atoms with Gasteiger partial charge in [-0.3, -0.25) is 0 Å². The van der Waals surface area contributed by atoms with Crippen molar-refractivity contribution >= 4 is 10.0 Å². The Balaban J connectivity index is 0.00000253. The Morgan fingerprint density at radius 3 is 1.74 bits per heavy atom. The number of hydrogen-bond acceptors (Lipinski definition) is 4. The smallest absolute Gasteiger partial charge is 0.241 e. The predicted octanol–water partition coefficient (Wildman–Crippen LogP) is 2.94. The number of quaternary nitrogens is 1. The largest absolute Gasteiger partial charge is 1.00 e. The van der Waals surface area contributed by atoms with Crippen LogP contribution in [-0.2, 0) is 40.8 Å². The summed E-state index contributed by atoms with van der Waals surface area (Å²) in [6, 6.07) is 35.7. The quantitative estimate of drug-likeness (QED) is 0.162. The van der Waals surface area contributed by atoms with Crippen molar-refractivity contribution in [2.45, 2.75) is 30.5 Å². The van der Waals surface area contributed by atoms with Crippen molar-refractivity contribution < 1.29 is 45.0 Å². The molecule has 210 valence electrons. The molecule has 0 saturated carbocycles. The van der Waals surface area contributed by atoms with E-state index < -0.39 is 16.1 Å². The second-order valence-corrected chi connectivity index (χ2v) is 10.4. The Morgan fingerprint density at radius 2 is 1.21 bits per heavy atom. The number of ether oxygens (including phenoxy) is 1. The van der Waals surface area contributed by atoms with Crippen LogP contribution in [0.3, 0.4) is 0 Å². The van der Waals surface area contributed by atoms with Crippen LogP contribution in [0.15, 0.2) is 120 Å². The summed E-state index contributed by atoms with van der Waals surface area (Å²) in [7, 11) is -3.77. The third kappa shape index (κ3) is 10.2. The van der Waals surface area contributed by atoms with Gasteiger partial charge in [-0.15, -0.1) is 0 Å². The van der Waals surface area contributed by atoms with Gasteiger partial charge in [0.2, 0.25) is 10.0 Å². The van der Waals surface area contributed by atoms with Gasteiger partial charge in [0.05, 0.1) is 30.2 Å². The normalized spacial score (nSPS) is 12.2. The van der Waals surface area contributed by atoms with Crippen LogP contribution in [0.2, 0.25) is 0 Å². The molecule has 6 N–H and O–H groups in total. The van der Waals surface area contributed by atoms with E-state index in [-0.39, 0.29) is 49.0 Å². The average Bonchev–Trinajstić information content (AvgIpc) is 2.91. The fourth-order valence-corrected chi connectivity index (χ4v) is 5.32. The second kappa shape index (κ2) is 17.3. The first-order valence-electron chi connectivity index (χ1n) is 12.1. The van der Waals surface area contributed by atoms with Crippen LogP contribution in [0.4, 0.5) is 0 Å². The van der Waals surface area contributed by atoms with E-state index in [1.165, 1.54) is 0 Å². The number of hydrogen-bond donors (Lipinski definition) is 3. The van der Waals surface area contributed by atoms with Crippen molar-refractivity contribution in [2.75, 3.05) is 13.2 Å². The first-order chi connectivity index (χ1) is 17.5. The second-order valence-electron chi connectivity index (χ2n) is 8.70. The van der Waals surface area contributed by atoms with E-state index >= 15 is 0 Å². The number of rotatable bonds is 12. The summed E-state index contributed by atoms with van der Waals surface area (Å²) in [4.78, 5) is 0.243. The summed E-state index contributed by atoms with van der Waals surface area (Å²) in [6.07, 6.45) is 0. The minimum absolute atomic E-state index is 0. The molecule has 4 aromatic carbocycles. The third-order valence-corrected chi connectivity index (χ3v) is 7.44. The molecule has 0 heterocycles. The van der Waals surface area contributed by atoms with Gasteiger partial charge < -0.3 is 28.6 Å². The fourth-order valence-electron chi connectivity index (χ4n) is 4.08. The molecule has 4 rings (SSSR count). The molecule has 0 aliphatic carbocycles. The number of nitrogens with one attached hydrogen (secondary N) is 2. The minimum atomic E-state index is -3.77. The maximum Gasteiger partial charge on any atom is 0.241 e. The van der Waals surface area contributed by atoms with E-state index in [2.05, 4.69) is 10.0 Å². The molecule has 0 aliphatic heterocycles. The van der Waals surface area contributed by atoms with Gasteiger partial charge in [-0.2, -0.15) is 0 Å². The van der Waals surface area contributed by atoms with E-state index in [0.29, 0.717) is 19.8 Å². The first-order valence-corrected chi connectivity index (χ1v) is 13.6. The first kappa shape index (κ1) is 34.6. The number of benzene rings is 4. The molecule has 0 spiro atoms. The molecule has 0 unspecified atom stereocenters. The van der Waals surface area contributed by atoms with Gasteiger partial charge in [-0.1, -0.05) is 109 Å². The molecule has 0 saturated heterocycles. The molecule has 0 bridgehead atoms. The van der Waals surface area contributed by atoms with Crippen LogP contribution in [0, 0.1) is 6.92 Å². The molecule has 0 aliphatic rings. The van der Waals surface area contributed by atoms with E-state index in [1.54, 1.807) is 12.1 Å². The molecule has 9 heteroatoms. The molecule has 6 nitrogen and oxygen atoms in total. The standard InChI is InChI=1S/C30H32N2O3S.ClH.H3N.Ru/c1-24-17-19-28(20-18-24)36(33,34)32-30(27-15-9-4-10-16-27)29(26-13-7-3-8-14-26)31-21-22-35-23-25-11-5-2-6-12-25;;;/h2-20,29-32H,21-23H2,1H3;1H;1H3;/t29-,30-;;;/m1.../s1. The molecule has 4 aromatic rings. The zero-order valence-corrected chi connectivity index (χ0v) is 25.4. The van der Waals surface area contributed by atoms with E-state index in [4.69, 9.17) is 4.74 Å². The summed E-state index contributed by atoms with van der Waals surface area (Å²) in [5, 5.41) is 3.55. The Bertz CT molecular complexity index is 1310. The maximum atomic E-state index is 13.4. The van der Waals surface area contributed by atoms with Crippen LogP contribution in [0.1, 0.15) is 34.3 Å². The SMILES string of the molecule is Cc1ccc(S(=O)(=O)N[C@H](c2ccccc2)[C@H](NCCOCc2ccccc2)c2ccccc2)cc1.[Cl-].[NH4+].[Ru]. The molecular weight excluding hydrogens is 619 g/mol. The Morgan fingerprint density at radius 1 is 0.718 bits per heavy atom. The molecule has 0 amide bonds. The van der Waals surface area contributed by atoms with Gasteiger partial charge >= 0.3 is 0 Å². The van der Waals surface area contributed by atoms with Crippen molar-refractivity contribution in [3.8, 4) is 0 Å². The Kier molecular flexibility index (Phi) is 15.4. The summed E-state index contributed by atoms with van der Waals surface area (Å²) in [5.41, 5.74) is 3.98. The number of sulfonamides is 1. The average molecular weight is 655 g/mol. The summed E-state index contributed by atoms with van der Waals surface area (Å²) < 4.78 is 35.7. The van der Waals surface area contributed by atoms with E-state index in [0.717, 1.165) is 22.3 Å². The third-order valence-electron chi connectivity index (χ3n) is 5.99. The zero-order chi connectivity index (χ0) is 25.2. The van der Waals surface area contributed by atoms with Crippen LogP contribution >= 0.6 is 0 Å². The summed E-state index contributed by atoms with van der Waals surface area (Å²) in [5.74, 6) is 0. The van der Waals surface area contributed by atoms with Crippen molar-refractivity contribution in [3.05, 3.63) is 138 Å². The molecule has 39 heavy (non-hydrogen) atoms. The predicted molar refractivity (Wildman–Crippen MR) is 150 cm³/mol. The van der Waals surface area contributed by atoms with E-state index in [1.807, 2.05) is 110 Å². The van der Waals surface area contributed by atoms with Gasteiger partial charge in [0.1, 0.15) is 0 Å². The number of aryl methyl sites for hydroxylation is 1. The van der Waals surface area contributed by atoms with Gasteiger partial charge in [0.15, 0.2) is 0 Å². The monoisotopic (exact) mass is 655 g/mol. The van der Waals surface area contributed by atoms with Crippen molar-refractivity contribution in [1.82, 2.24) is 16.2 Å². The summed E-state index contributed by atoms with van der Waals surface area (Å²) >= 11 is 0. The zero-order valence-electron chi connectivity index (χ0n) is 22.1. The topological polar surface area (TPSA) is 104 Å². The van der Waals surface area contributed by atoms with Crippen molar-refractivity contribution in [1.29, 1.82) is 0 Å². The molecule has 0 radical (unpaired) electrons. The van der Waals surface area contributed by atoms with Crippen LogP contribution in [0.25, 0.3) is 0 Å². The Labute approximate surface area is 251 Å². The molecule has 2 atom stereocenters. The minimum Gasteiger partial charge on any atom is -1.00 e. The van der Waals surface area contributed by atoms with Crippen LogP contribution < -0.4 is 28.6 Å². The Hall–Kier alpha value is -2.42. The fraction of sp³-hybridized carbons (Fsp3) is 0.200. The van der Waals surface area contributed by atoms with Crippen LogP contribution in [0.5, 0.6) is 0 Å². The van der Waals surface area contributed by atoms with Gasteiger partial charge in [-0.25, -0.2) is 13.1 Å². The number of halogens is 1. The van der Waals surface area contributed by atoms with Crippen molar-refractivity contribution in [3.63, 3.8) is 0 Å². The molecular formula is C30H36ClN3O3RuS. The van der Waals surface area contributed by atoms with Gasteiger partial charge in [0, 0.05) is 26.0 Å². The maximum absolute atomic E-state index is 13.4. The van der Waals surface area contributed by atoms with Gasteiger partial charge in [0.25, 0.3) is 0 Å². The molecule has 0 aromatic heterocycles. The van der Waals surface area contributed by atoms with E-state index in [9.17, 15) is 8.42 Å².